The fourth-order valence-corrected chi connectivity index (χ4v) is 1.67. The van der Waals surface area contributed by atoms with Crippen LogP contribution in [0.3, 0.4) is 0 Å². The van der Waals surface area contributed by atoms with Crippen molar-refractivity contribution in [3.8, 4) is 11.5 Å². The Morgan fingerprint density at radius 2 is 2.00 bits per heavy atom. The number of aromatic nitrogens is 1. The van der Waals surface area contributed by atoms with Crippen LogP contribution in [0.25, 0.3) is 11.5 Å². The fourth-order valence-electron chi connectivity index (χ4n) is 1.67. The summed E-state index contributed by atoms with van der Waals surface area (Å²) in [6, 6.07) is 7.80. The quantitative estimate of drug-likeness (QED) is 0.840. The van der Waals surface area contributed by atoms with Crippen LogP contribution >= 0.6 is 0 Å². The second-order valence-electron chi connectivity index (χ2n) is 3.90. The molecule has 0 atom stereocenters. The maximum Gasteiger partial charge on any atom is 0.226 e. The van der Waals surface area contributed by atoms with E-state index in [1.165, 1.54) is 0 Å². The minimum absolute atomic E-state index is 0.0710. The van der Waals surface area contributed by atoms with Crippen molar-refractivity contribution in [1.29, 1.82) is 0 Å². The van der Waals surface area contributed by atoms with Gasteiger partial charge in [-0.1, -0.05) is 12.1 Å². The molecule has 0 aliphatic carbocycles. The van der Waals surface area contributed by atoms with Gasteiger partial charge in [0.25, 0.3) is 0 Å². The van der Waals surface area contributed by atoms with Crippen LogP contribution in [0.5, 0.6) is 0 Å². The Morgan fingerprint density at radius 1 is 1.29 bits per heavy atom. The average Bonchev–Trinajstić information content (AvgIpc) is 2.72. The van der Waals surface area contributed by atoms with Gasteiger partial charge in [0.1, 0.15) is 5.76 Å². The first-order valence-corrected chi connectivity index (χ1v) is 5.61. The minimum Gasteiger partial charge on any atom is -0.441 e. The third-order valence-corrected chi connectivity index (χ3v) is 2.67. The molecular formula is C13H16N2O2. The van der Waals surface area contributed by atoms with Gasteiger partial charge in [0.05, 0.1) is 12.3 Å². The van der Waals surface area contributed by atoms with Crippen LogP contribution in [0.4, 0.5) is 0 Å². The maximum absolute atomic E-state index is 8.89. The largest absolute Gasteiger partial charge is 0.441 e. The standard InChI is InChI=1S/C13H16N2O2/c1-9-12(6-7-16)17-13(15-9)11-4-2-10(8-14)3-5-11/h2-5,16H,6-8,14H2,1H3. The first kappa shape index (κ1) is 11.8. The van der Waals surface area contributed by atoms with Crippen LogP contribution in [0.1, 0.15) is 17.0 Å². The van der Waals surface area contributed by atoms with Crippen LogP contribution in [-0.2, 0) is 13.0 Å². The first-order chi connectivity index (χ1) is 8.24. The summed E-state index contributed by atoms with van der Waals surface area (Å²) in [4.78, 5) is 4.35. The molecule has 1 heterocycles. The van der Waals surface area contributed by atoms with Crippen molar-refractivity contribution in [2.24, 2.45) is 5.73 Å². The van der Waals surface area contributed by atoms with Crippen molar-refractivity contribution in [2.45, 2.75) is 19.9 Å². The smallest absolute Gasteiger partial charge is 0.226 e. The highest BCUT2D eigenvalue weighted by molar-refractivity contribution is 5.54. The van der Waals surface area contributed by atoms with Crippen LogP contribution in [-0.4, -0.2) is 16.7 Å². The summed E-state index contributed by atoms with van der Waals surface area (Å²) >= 11 is 0. The second-order valence-corrected chi connectivity index (χ2v) is 3.90. The third-order valence-electron chi connectivity index (χ3n) is 2.67. The molecule has 3 N–H and O–H groups in total. The SMILES string of the molecule is Cc1nc(-c2ccc(CN)cc2)oc1CCO. The molecule has 90 valence electrons. The maximum atomic E-state index is 8.89. The van der Waals surface area contributed by atoms with E-state index < -0.39 is 0 Å². The Kier molecular flexibility index (Phi) is 3.56. The molecule has 0 spiro atoms. The van der Waals surface area contributed by atoms with E-state index in [-0.39, 0.29) is 6.61 Å². The molecule has 2 rings (SSSR count). The zero-order valence-electron chi connectivity index (χ0n) is 9.81. The van der Waals surface area contributed by atoms with Gasteiger partial charge in [0.2, 0.25) is 5.89 Å². The Balaban J connectivity index is 2.29. The lowest BCUT2D eigenvalue weighted by Gasteiger charge is -1.98. The van der Waals surface area contributed by atoms with Crippen LogP contribution in [0.15, 0.2) is 28.7 Å². The number of aliphatic hydroxyl groups excluding tert-OH is 1. The molecule has 0 fully saturated rings. The molecule has 0 saturated heterocycles. The normalized spacial score (nSPS) is 10.8. The van der Waals surface area contributed by atoms with Crippen molar-refractivity contribution >= 4 is 0 Å². The summed E-state index contributed by atoms with van der Waals surface area (Å²) in [5.74, 6) is 1.33. The number of hydrogen-bond donors (Lipinski definition) is 2. The summed E-state index contributed by atoms with van der Waals surface area (Å²) in [7, 11) is 0. The van der Waals surface area contributed by atoms with E-state index in [9.17, 15) is 0 Å². The van der Waals surface area contributed by atoms with E-state index in [2.05, 4.69) is 4.98 Å². The Morgan fingerprint density at radius 3 is 2.59 bits per heavy atom. The van der Waals surface area contributed by atoms with Gasteiger partial charge in [-0.25, -0.2) is 4.98 Å². The predicted octanol–water partition coefficient (Wildman–Crippen LogP) is 1.64. The summed E-state index contributed by atoms with van der Waals surface area (Å²) in [5.41, 5.74) is 8.37. The lowest BCUT2D eigenvalue weighted by atomic mass is 10.1. The van der Waals surface area contributed by atoms with Gasteiger partial charge in [-0.05, 0) is 24.6 Å². The molecule has 0 radical (unpaired) electrons. The van der Waals surface area contributed by atoms with E-state index in [0.29, 0.717) is 18.9 Å². The van der Waals surface area contributed by atoms with Gasteiger partial charge in [-0.15, -0.1) is 0 Å². The summed E-state index contributed by atoms with van der Waals surface area (Å²) < 4.78 is 5.61. The van der Waals surface area contributed by atoms with Crippen LogP contribution in [0, 0.1) is 6.92 Å². The van der Waals surface area contributed by atoms with Gasteiger partial charge in [-0.2, -0.15) is 0 Å². The molecule has 0 unspecified atom stereocenters. The lowest BCUT2D eigenvalue weighted by Crippen LogP contribution is -1.95. The Bertz CT molecular complexity index is 489. The van der Waals surface area contributed by atoms with Gasteiger partial charge < -0.3 is 15.3 Å². The highest BCUT2D eigenvalue weighted by atomic mass is 16.4. The molecule has 0 amide bonds. The molecule has 1 aromatic carbocycles. The number of aryl methyl sites for hydroxylation is 1. The Labute approximate surface area is 100 Å². The average molecular weight is 232 g/mol. The zero-order chi connectivity index (χ0) is 12.3. The van der Waals surface area contributed by atoms with Gasteiger partial charge in [0.15, 0.2) is 0 Å². The van der Waals surface area contributed by atoms with Gasteiger partial charge >= 0.3 is 0 Å². The van der Waals surface area contributed by atoms with Crippen molar-refractivity contribution in [3.63, 3.8) is 0 Å². The monoisotopic (exact) mass is 232 g/mol. The predicted molar refractivity (Wildman–Crippen MR) is 65.4 cm³/mol. The fraction of sp³-hybridized carbons (Fsp3) is 0.308. The molecule has 0 saturated carbocycles. The van der Waals surface area contributed by atoms with E-state index in [1.807, 2.05) is 31.2 Å². The molecule has 4 heteroatoms. The highest BCUT2D eigenvalue weighted by Gasteiger charge is 2.10. The molecule has 0 aliphatic rings. The van der Waals surface area contributed by atoms with Crippen LogP contribution in [0.2, 0.25) is 0 Å². The number of nitrogens with two attached hydrogens (primary N) is 1. The first-order valence-electron chi connectivity index (χ1n) is 5.61. The molecule has 4 nitrogen and oxygen atoms in total. The number of rotatable bonds is 4. The molecule has 1 aromatic heterocycles. The third kappa shape index (κ3) is 2.54. The molecule has 17 heavy (non-hydrogen) atoms. The molecule has 2 aromatic rings. The number of nitrogens with zero attached hydrogens (tertiary/aromatic N) is 1. The second kappa shape index (κ2) is 5.12. The van der Waals surface area contributed by atoms with Crippen molar-refractivity contribution in [1.82, 2.24) is 4.98 Å². The van der Waals surface area contributed by atoms with E-state index in [1.54, 1.807) is 0 Å². The summed E-state index contributed by atoms with van der Waals surface area (Å²) in [6.07, 6.45) is 0.500. The summed E-state index contributed by atoms with van der Waals surface area (Å²) in [6.45, 7) is 2.48. The van der Waals surface area contributed by atoms with E-state index in [0.717, 1.165) is 22.6 Å². The van der Waals surface area contributed by atoms with Crippen molar-refractivity contribution < 1.29 is 9.52 Å². The highest BCUT2D eigenvalue weighted by Crippen LogP contribution is 2.22. The Hall–Kier alpha value is -1.65. The topological polar surface area (TPSA) is 72.3 Å². The van der Waals surface area contributed by atoms with E-state index >= 15 is 0 Å². The number of benzene rings is 1. The number of aliphatic hydroxyl groups is 1. The molecule has 0 aliphatic heterocycles. The minimum atomic E-state index is 0.0710. The molecule has 0 bridgehead atoms. The molecular weight excluding hydrogens is 216 g/mol. The van der Waals surface area contributed by atoms with Crippen molar-refractivity contribution in [2.75, 3.05) is 6.61 Å². The summed E-state index contributed by atoms with van der Waals surface area (Å²) in [5, 5.41) is 8.89. The number of hydrogen-bond acceptors (Lipinski definition) is 4. The lowest BCUT2D eigenvalue weighted by molar-refractivity contribution is 0.288. The van der Waals surface area contributed by atoms with E-state index in [4.69, 9.17) is 15.3 Å². The zero-order valence-corrected chi connectivity index (χ0v) is 9.81. The van der Waals surface area contributed by atoms with Crippen LogP contribution < -0.4 is 5.73 Å². The van der Waals surface area contributed by atoms with Gasteiger partial charge in [-0.3, -0.25) is 0 Å². The van der Waals surface area contributed by atoms with Crippen molar-refractivity contribution in [3.05, 3.63) is 41.3 Å². The number of oxazole rings is 1. The van der Waals surface area contributed by atoms with Gasteiger partial charge in [0, 0.05) is 18.5 Å².